The zero-order valence-corrected chi connectivity index (χ0v) is 18.2. The van der Waals surface area contributed by atoms with Gasteiger partial charge in [0.05, 0.1) is 6.04 Å². The van der Waals surface area contributed by atoms with Gasteiger partial charge in [-0.25, -0.2) is 0 Å². The Morgan fingerprint density at radius 2 is 1.86 bits per heavy atom. The molecule has 1 unspecified atom stereocenters. The number of rotatable bonds is 4. The third-order valence-corrected chi connectivity index (χ3v) is 7.49. The zero-order chi connectivity index (χ0) is 20.4. The Balaban J connectivity index is 1.62. The number of hydrogen-bond donors (Lipinski definition) is 0. The van der Waals surface area contributed by atoms with Crippen molar-refractivity contribution in [1.29, 1.82) is 0 Å². The predicted molar refractivity (Wildman–Crippen MR) is 117 cm³/mol. The summed E-state index contributed by atoms with van der Waals surface area (Å²) in [5.41, 5.74) is 3.63. The van der Waals surface area contributed by atoms with Gasteiger partial charge < -0.3 is 9.80 Å². The highest BCUT2D eigenvalue weighted by molar-refractivity contribution is 7.10. The maximum Gasteiger partial charge on any atom is 0.243 e. The highest BCUT2D eigenvalue weighted by atomic mass is 32.1. The Bertz CT molecular complexity index is 885. The molecule has 1 aromatic carbocycles. The summed E-state index contributed by atoms with van der Waals surface area (Å²) in [6.07, 6.45) is 6.46. The molecule has 1 saturated carbocycles. The number of amides is 2. The van der Waals surface area contributed by atoms with Crippen LogP contribution in [-0.2, 0) is 16.0 Å². The van der Waals surface area contributed by atoms with Gasteiger partial charge in [-0.15, -0.1) is 11.3 Å². The second-order valence-electron chi connectivity index (χ2n) is 8.33. The number of thiophene rings is 1. The van der Waals surface area contributed by atoms with Crippen LogP contribution in [0.4, 0.5) is 0 Å². The normalized spacial score (nSPS) is 19.7. The van der Waals surface area contributed by atoms with Crippen LogP contribution in [0.15, 0.2) is 35.7 Å². The first kappa shape index (κ1) is 20.1. The largest absolute Gasteiger partial charge is 0.331 e. The lowest BCUT2D eigenvalue weighted by molar-refractivity contribution is -0.143. The average molecular weight is 411 g/mol. The number of nitrogens with zero attached hydrogens (tertiary/aromatic N) is 2. The van der Waals surface area contributed by atoms with Gasteiger partial charge in [0.25, 0.3) is 0 Å². The summed E-state index contributed by atoms with van der Waals surface area (Å²) in [5.74, 6) is 0.0850. The molecule has 1 fully saturated rings. The highest BCUT2D eigenvalue weighted by Gasteiger charge is 2.35. The summed E-state index contributed by atoms with van der Waals surface area (Å²) >= 11 is 1.78. The van der Waals surface area contributed by atoms with E-state index in [9.17, 15) is 9.59 Å². The maximum absolute atomic E-state index is 13.5. The molecule has 5 heteroatoms. The Morgan fingerprint density at radius 1 is 1.10 bits per heavy atom. The lowest BCUT2D eigenvalue weighted by Gasteiger charge is -2.40. The Kier molecular flexibility index (Phi) is 6.04. The topological polar surface area (TPSA) is 40.6 Å². The molecule has 2 amide bonds. The molecule has 4 rings (SSSR count). The molecule has 154 valence electrons. The van der Waals surface area contributed by atoms with Gasteiger partial charge in [-0.1, -0.05) is 43.5 Å². The molecule has 4 nitrogen and oxygen atoms in total. The molecule has 1 aliphatic carbocycles. The zero-order valence-electron chi connectivity index (χ0n) is 17.4. The van der Waals surface area contributed by atoms with Gasteiger partial charge in [0.1, 0.15) is 6.54 Å². The van der Waals surface area contributed by atoms with Gasteiger partial charge >= 0.3 is 0 Å². The van der Waals surface area contributed by atoms with Crippen LogP contribution in [0.5, 0.6) is 0 Å². The molecule has 2 aliphatic rings. The smallest absolute Gasteiger partial charge is 0.243 e. The summed E-state index contributed by atoms with van der Waals surface area (Å²) < 4.78 is 0. The summed E-state index contributed by atoms with van der Waals surface area (Å²) in [4.78, 5) is 31.1. The summed E-state index contributed by atoms with van der Waals surface area (Å²) in [7, 11) is 0. The molecule has 0 radical (unpaired) electrons. The summed E-state index contributed by atoms with van der Waals surface area (Å²) in [6, 6.07) is 10.7. The number of carbonyl (C=O) groups is 2. The van der Waals surface area contributed by atoms with Crippen molar-refractivity contribution in [2.45, 2.75) is 64.5 Å². The van der Waals surface area contributed by atoms with Gasteiger partial charge in [0.15, 0.2) is 0 Å². The molecule has 0 bridgehead atoms. The highest BCUT2D eigenvalue weighted by Crippen LogP contribution is 2.39. The minimum atomic E-state index is -0.0566. The standard InChI is InChI=1S/C24H30N2O2S/c1-17-8-6-7-11-20(17)24-21-13-15-29-22(21)12-14-25(24)23(28)16-26(18(2)27)19-9-4-3-5-10-19/h6-8,11,13,15,19,24H,3-5,9-10,12,14,16H2,1-2H3. The van der Waals surface area contributed by atoms with Gasteiger partial charge in [-0.3, -0.25) is 9.59 Å². The van der Waals surface area contributed by atoms with Crippen LogP contribution in [0.3, 0.4) is 0 Å². The van der Waals surface area contributed by atoms with Crippen LogP contribution < -0.4 is 0 Å². The van der Waals surface area contributed by atoms with Crippen molar-refractivity contribution in [2.24, 2.45) is 0 Å². The molecule has 1 atom stereocenters. The second-order valence-corrected chi connectivity index (χ2v) is 9.33. The first-order valence-corrected chi connectivity index (χ1v) is 11.6. The third-order valence-electron chi connectivity index (χ3n) is 6.49. The quantitative estimate of drug-likeness (QED) is 0.732. The fraction of sp³-hybridized carbons (Fsp3) is 0.500. The van der Waals surface area contributed by atoms with Crippen molar-refractivity contribution >= 4 is 23.2 Å². The van der Waals surface area contributed by atoms with E-state index < -0.39 is 0 Å². The van der Waals surface area contributed by atoms with E-state index in [4.69, 9.17) is 0 Å². The SMILES string of the molecule is CC(=O)N(CC(=O)N1CCc2sccc2C1c1ccccc1C)C1CCCCC1. The van der Waals surface area contributed by atoms with Crippen LogP contribution in [0.1, 0.15) is 66.6 Å². The van der Waals surface area contributed by atoms with Gasteiger partial charge in [-0.2, -0.15) is 0 Å². The van der Waals surface area contributed by atoms with Gasteiger partial charge in [-0.05, 0) is 54.3 Å². The second kappa shape index (κ2) is 8.70. The van der Waals surface area contributed by atoms with E-state index in [1.165, 1.54) is 28.0 Å². The van der Waals surface area contributed by atoms with Crippen molar-refractivity contribution in [2.75, 3.05) is 13.1 Å². The minimum absolute atomic E-state index is 0.0194. The molecule has 0 spiro atoms. The molecule has 29 heavy (non-hydrogen) atoms. The molecule has 2 heterocycles. The van der Waals surface area contributed by atoms with Crippen molar-refractivity contribution in [1.82, 2.24) is 9.80 Å². The predicted octanol–water partition coefficient (Wildman–Crippen LogP) is 4.71. The van der Waals surface area contributed by atoms with Crippen molar-refractivity contribution in [3.63, 3.8) is 0 Å². The average Bonchev–Trinajstić information content (AvgIpc) is 3.21. The fourth-order valence-corrected chi connectivity index (χ4v) is 5.84. The molecule has 1 aliphatic heterocycles. The number of benzene rings is 1. The van der Waals surface area contributed by atoms with Crippen molar-refractivity contribution in [3.05, 3.63) is 57.3 Å². The van der Waals surface area contributed by atoms with E-state index >= 15 is 0 Å². The van der Waals surface area contributed by atoms with Crippen LogP contribution in [0.2, 0.25) is 0 Å². The van der Waals surface area contributed by atoms with Crippen LogP contribution in [0.25, 0.3) is 0 Å². The molecule has 2 aromatic rings. The number of hydrogen-bond acceptors (Lipinski definition) is 3. The lowest BCUT2D eigenvalue weighted by Crippen LogP contribution is -2.49. The molecular weight excluding hydrogens is 380 g/mol. The number of fused-ring (bicyclic) bond motifs is 1. The van der Waals surface area contributed by atoms with E-state index in [1.54, 1.807) is 18.3 Å². The first-order chi connectivity index (χ1) is 14.1. The van der Waals surface area contributed by atoms with E-state index in [-0.39, 0.29) is 30.4 Å². The molecule has 1 aromatic heterocycles. The van der Waals surface area contributed by atoms with E-state index in [2.05, 4.69) is 36.6 Å². The molecule has 0 N–H and O–H groups in total. The van der Waals surface area contributed by atoms with E-state index in [0.717, 1.165) is 32.1 Å². The van der Waals surface area contributed by atoms with E-state index in [0.29, 0.717) is 6.54 Å². The summed E-state index contributed by atoms with van der Waals surface area (Å²) in [6.45, 7) is 4.63. The van der Waals surface area contributed by atoms with Crippen molar-refractivity contribution < 1.29 is 9.59 Å². The number of carbonyl (C=O) groups excluding carboxylic acids is 2. The van der Waals surface area contributed by atoms with Crippen molar-refractivity contribution in [3.8, 4) is 0 Å². The molecular formula is C24H30N2O2S. The molecule has 0 saturated heterocycles. The van der Waals surface area contributed by atoms with Crippen LogP contribution in [0, 0.1) is 6.92 Å². The Morgan fingerprint density at radius 3 is 2.59 bits per heavy atom. The Hall–Kier alpha value is -2.14. The Labute approximate surface area is 177 Å². The lowest BCUT2D eigenvalue weighted by atomic mass is 9.90. The fourth-order valence-electron chi connectivity index (χ4n) is 4.94. The van der Waals surface area contributed by atoms with Gasteiger partial charge in [0.2, 0.25) is 11.8 Å². The van der Waals surface area contributed by atoms with E-state index in [1.807, 2.05) is 15.9 Å². The maximum atomic E-state index is 13.5. The van der Waals surface area contributed by atoms with Crippen LogP contribution in [-0.4, -0.2) is 40.7 Å². The number of aryl methyl sites for hydroxylation is 1. The van der Waals surface area contributed by atoms with Gasteiger partial charge in [0, 0.05) is 24.4 Å². The minimum Gasteiger partial charge on any atom is -0.331 e. The van der Waals surface area contributed by atoms with Crippen LogP contribution >= 0.6 is 11.3 Å². The first-order valence-electron chi connectivity index (χ1n) is 10.7. The monoisotopic (exact) mass is 410 g/mol. The summed E-state index contributed by atoms with van der Waals surface area (Å²) in [5, 5.41) is 2.13. The third kappa shape index (κ3) is 4.11.